The quantitative estimate of drug-likeness (QED) is 0.298. The average Bonchev–Trinajstić information content (AvgIpc) is 3.39. The first-order chi connectivity index (χ1) is 14.4. The van der Waals surface area contributed by atoms with E-state index in [1.165, 1.54) is 11.3 Å². The van der Waals surface area contributed by atoms with Crippen LogP contribution in [0.5, 0.6) is 5.75 Å². The van der Waals surface area contributed by atoms with Crippen molar-refractivity contribution in [3.05, 3.63) is 63.8 Å². The number of thiophene rings is 1. The Morgan fingerprint density at radius 2 is 2.10 bits per heavy atom. The molecule has 0 saturated heterocycles. The van der Waals surface area contributed by atoms with Crippen LogP contribution in [0.1, 0.15) is 27.7 Å². The first-order valence-electron chi connectivity index (χ1n) is 9.34. The van der Waals surface area contributed by atoms with Gasteiger partial charge in [0.2, 0.25) is 5.89 Å². The number of fused-ring (bicyclic) bond motifs is 1. The minimum absolute atomic E-state index is 0.0800. The third-order valence-corrected chi connectivity index (χ3v) is 5.69. The van der Waals surface area contributed by atoms with E-state index in [1.807, 2.05) is 23.6 Å². The molecule has 6 nitrogen and oxygen atoms in total. The molecule has 0 aliphatic heterocycles. The van der Waals surface area contributed by atoms with E-state index >= 15 is 0 Å². The van der Waals surface area contributed by atoms with Gasteiger partial charge in [-0.05, 0) is 72.4 Å². The van der Waals surface area contributed by atoms with Gasteiger partial charge in [0.25, 0.3) is 5.91 Å². The number of aromatic nitrogens is 1. The second-order valence-corrected chi connectivity index (χ2v) is 8.11. The second kappa shape index (κ2) is 8.25. The third-order valence-electron chi connectivity index (χ3n) is 4.62. The van der Waals surface area contributed by atoms with Crippen molar-refractivity contribution in [2.24, 2.45) is 0 Å². The summed E-state index contributed by atoms with van der Waals surface area (Å²) in [6, 6.07) is 12.8. The number of nitrogens with zero attached hydrogens (tertiary/aromatic N) is 1. The number of amides is 1. The van der Waals surface area contributed by atoms with Crippen LogP contribution < -0.4 is 10.6 Å². The lowest BCUT2D eigenvalue weighted by atomic mass is 10.1. The number of carbonyl (C=O) groups is 1. The van der Waals surface area contributed by atoms with E-state index < -0.39 is 0 Å². The van der Waals surface area contributed by atoms with Crippen LogP contribution in [-0.2, 0) is 6.42 Å². The van der Waals surface area contributed by atoms with Crippen LogP contribution in [-0.4, -0.2) is 21.1 Å². The maximum Gasteiger partial charge on any atom is 0.267 e. The van der Waals surface area contributed by atoms with Crippen LogP contribution in [0.4, 0.5) is 5.69 Å². The zero-order valence-corrected chi connectivity index (χ0v) is 18.0. The van der Waals surface area contributed by atoms with Gasteiger partial charge < -0.3 is 14.8 Å². The van der Waals surface area contributed by atoms with Crippen LogP contribution in [0.25, 0.3) is 22.6 Å². The number of phenols is 1. The number of carbonyl (C=O) groups excluding carboxylic acids is 1. The summed E-state index contributed by atoms with van der Waals surface area (Å²) in [5.74, 6) is 0.122. The first kappa shape index (κ1) is 20.1. The molecular formula is C22H19N3O3S2. The molecule has 0 aliphatic carbocycles. The molecule has 1 amide bonds. The molecule has 0 fully saturated rings. The fourth-order valence-electron chi connectivity index (χ4n) is 3.06. The van der Waals surface area contributed by atoms with Crippen LogP contribution in [0.2, 0.25) is 0 Å². The Morgan fingerprint density at radius 1 is 1.27 bits per heavy atom. The molecule has 152 valence electrons. The van der Waals surface area contributed by atoms with Crippen LogP contribution in [0, 0.1) is 6.92 Å². The van der Waals surface area contributed by atoms with Crippen molar-refractivity contribution in [3.8, 4) is 17.2 Å². The Morgan fingerprint density at radius 3 is 2.83 bits per heavy atom. The molecule has 0 radical (unpaired) electrons. The Kier molecular flexibility index (Phi) is 5.52. The number of rotatable bonds is 4. The van der Waals surface area contributed by atoms with Gasteiger partial charge in [-0.3, -0.25) is 10.1 Å². The Bertz CT molecular complexity index is 1250. The molecule has 0 unspecified atom stereocenters. The normalized spacial score (nSPS) is 10.9. The van der Waals surface area contributed by atoms with Crippen molar-refractivity contribution in [2.75, 3.05) is 5.32 Å². The Labute approximate surface area is 182 Å². The van der Waals surface area contributed by atoms with Gasteiger partial charge in [-0.1, -0.05) is 19.1 Å². The number of phenolic OH excluding ortho intramolecular Hbond substituents is 1. The lowest BCUT2D eigenvalue weighted by Gasteiger charge is -2.12. The molecule has 4 rings (SSSR count). The van der Waals surface area contributed by atoms with Crippen LogP contribution in [0.15, 0.2) is 52.3 Å². The number of hydrogen-bond acceptors (Lipinski definition) is 6. The van der Waals surface area contributed by atoms with Gasteiger partial charge in [0.15, 0.2) is 10.7 Å². The smallest absolute Gasteiger partial charge is 0.267 e. The van der Waals surface area contributed by atoms with Gasteiger partial charge in [-0.25, -0.2) is 4.98 Å². The minimum Gasteiger partial charge on any atom is -0.507 e. The summed E-state index contributed by atoms with van der Waals surface area (Å²) in [6.07, 6.45) is 0.899. The van der Waals surface area contributed by atoms with Crippen LogP contribution >= 0.6 is 23.6 Å². The number of nitrogens with one attached hydrogen (secondary N) is 2. The number of anilines is 1. The highest BCUT2D eigenvalue weighted by Gasteiger charge is 2.17. The molecule has 4 aromatic rings. The van der Waals surface area contributed by atoms with Gasteiger partial charge in [0, 0.05) is 5.69 Å². The maximum absolute atomic E-state index is 12.2. The van der Waals surface area contributed by atoms with E-state index in [1.54, 1.807) is 31.2 Å². The predicted octanol–water partition coefficient (Wildman–Crippen LogP) is 5.26. The van der Waals surface area contributed by atoms with Crippen molar-refractivity contribution in [3.63, 3.8) is 0 Å². The summed E-state index contributed by atoms with van der Waals surface area (Å²) in [6.45, 7) is 3.85. The molecule has 3 N–H and O–H groups in total. The predicted molar refractivity (Wildman–Crippen MR) is 123 cm³/mol. The highest BCUT2D eigenvalue weighted by Crippen LogP contribution is 2.36. The van der Waals surface area contributed by atoms with E-state index in [0.29, 0.717) is 33.2 Å². The highest BCUT2D eigenvalue weighted by atomic mass is 32.1. The van der Waals surface area contributed by atoms with E-state index in [4.69, 9.17) is 16.6 Å². The zero-order chi connectivity index (χ0) is 21.3. The average molecular weight is 438 g/mol. The summed E-state index contributed by atoms with van der Waals surface area (Å²) in [7, 11) is 0. The molecule has 30 heavy (non-hydrogen) atoms. The fraction of sp³-hybridized carbons (Fsp3) is 0.136. The van der Waals surface area contributed by atoms with Crippen molar-refractivity contribution >= 4 is 51.4 Å². The SMILES string of the molecule is CCc1ccc2oc(-c3cc(NC(=S)NC(=O)c4cccs4)cc(C)c3O)nc2c1. The number of oxazole rings is 1. The van der Waals surface area contributed by atoms with Crippen molar-refractivity contribution in [1.82, 2.24) is 10.3 Å². The van der Waals surface area contributed by atoms with Gasteiger partial charge in [0.05, 0.1) is 10.4 Å². The van der Waals surface area contributed by atoms with Crippen molar-refractivity contribution in [1.29, 1.82) is 0 Å². The van der Waals surface area contributed by atoms with Gasteiger partial charge in [-0.15, -0.1) is 11.3 Å². The van der Waals surface area contributed by atoms with Crippen molar-refractivity contribution in [2.45, 2.75) is 20.3 Å². The molecule has 2 aromatic heterocycles. The van der Waals surface area contributed by atoms with E-state index in [-0.39, 0.29) is 16.8 Å². The maximum atomic E-state index is 12.2. The molecule has 2 heterocycles. The Hall–Kier alpha value is -3.23. The lowest BCUT2D eigenvalue weighted by molar-refractivity contribution is 0.0981. The summed E-state index contributed by atoms with van der Waals surface area (Å²) in [4.78, 5) is 17.3. The topological polar surface area (TPSA) is 87.4 Å². The van der Waals surface area contributed by atoms with Crippen LogP contribution in [0.3, 0.4) is 0 Å². The molecule has 0 atom stereocenters. The molecule has 8 heteroatoms. The highest BCUT2D eigenvalue weighted by molar-refractivity contribution is 7.80. The third kappa shape index (κ3) is 4.05. The number of benzene rings is 2. The summed E-state index contributed by atoms with van der Waals surface area (Å²) >= 11 is 6.60. The molecule has 2 aromatic carbocycles. The zero-order valence-electron chi connectivity index (χ0n) is 16.4. The first-order valence-corrected chi connectivity index (χ1v) is 10.6. The van der Waals surface area contributed by atoms with Gasteiger partial charge in [0.1, 0.15) is 11.3 Å². The molecule has 0 aliphatic rings. The number of hydrogen-bond donors (Lipinski definition) is 3. The number of aromatic hydroxyl groups is 1. The van der Waals surface area contributed by atoms with E-state index in [9.17, 15) is 9.90 Å². The summed E-state index contributed by atoms with van der Waals surface area (Å²) in [5.41, 5.74) is 4.21. The summed E-state index contributed by atoms with van der Waals surface area (Å²) < 4.78 is 5.86. The summed E-state index contributed by atoms with van der Waals surface area (Å²) in [5, 5.41) is 18.2. The molecular weight excluding hydrogens is 418 g/mol. The molecule has 0 bridgehead atoms. The minimum atomic E-state index is -0.274. The van der Waals surface area contributed by atoms with Crippen molar-refractivity contribution < 1.29 is 14.3 Å². The second-order valence-electron chi connectivity index (χ2n) is 6.75. The van der Waals surface area contributed by atoms with E-state index in [2.05, 4.69) is 22.5 Å². The number of thiocarbonyl (C=S) groups is 1. The van der Waals surface area contributed by atoms with Gasteiger partial charge in [-0.2, -0.15) is 0 Å². The van der Waals surface area contributed by atoms with E-state index in [0.717, 1.165) is 17.5 Å². The monoisotopic (exact) mass is 437 g/mol. The van der Waals surface area contributed by atoms with Gasteiger partial charge >= 0.3 is 0 Å². The molecule has 0 saturated carbocycles. The lowest BCUT2D eigenvalue weighted by Crippen LogP contribution is -2.33. The number of aryl methyl sites for hydroxylation is 2. The standard InChI is InChI=1S/C22H19N3O3S2/c1-3-13-6-7-17-16(10-13)24-21(28-17)15-11-14(9-12(2)19(15)26)23-22(29)25-20(27)18-5-4-8-30-18/h4-11,26H,3H2,1-2H3,(H2,23,25,27,29). The largest absolute Gasteiger partial charge is 0.507 e. The molecule has 0 spiro atoms. The fourth-order valence-corrected chi connectivity index (χ4v) is 3.89. The Balaban J connectivity index is 1.61.